The molecule has 0 aliphatic rings. The summed E-state index contributed by atoms with van der Waals surface area (Å²) in [5.41, 5.74) is 5.51. The van der Waals surface area contributed by atoms with Gasteiger partial charge in [-0.15, -0.1) is 0 Å². The lowest BCUT2D eigenvalue weighted by molar-refractivity contribution is -0.139. The molecule has 0 heterocycles. The molecule has 0 saturated heterocycles. The Balaban J connectivity index is 0. The highest BCUT2D eigenvalue weighted by molar-refractivity contribution is 7.79. The predicted octanol–water partition coefficient (Wildman–Crippen LogP) is 0.580. The molecule has 0 aromatic heterocycles. The Labute approximate surface area is 101 Å². The van der Waals surface area contributed by atoms with Gasteiger partial charge in [0.1, 0.15) is 6.61 Å². The molecular weight excluding hydrogens is 250 g/mol. The van der Waals surface area contributed by atoms with Crippen molar-refractivity contribution in [1.82, 2.24) is 0 Å². The van der Waals surface area contributed by atoms with Gasteiger partial charge in [-0.3, -0.25) is 9.11 Å². The van der Waals surface area contributed by atoms with Gasteiger partial charge in [0.15, 0.2) is 0 Å². The molecule has 0 amide bonds. The Hall–Kier alpha value is -0.960. The van der Waals surface area contributed by atoms with Crippen LogP contribution in [0.25, 0.3) is 0 Å². The molecule has 0 spiro atoms. The van der Waals surface area contributed by atoms with Crippen molar-refractivity contribution in [3.8, 4) is 0 Å². The summed E-state index contributed by atoms with van der Waals surface area (Å²) in [5, 5.41) is 0. The molecule has 0 aromatic carbocycles. The van der Waals surface area contributed by atoms with Crippen molar-refractivity contribution in [2.45, 2.75) is 32.2 Å². The second-order valence-corrected chi connectivity index (χ2v) is 4.22. The van der Waals surface area contributed by atoms with Crippen molar-refractivity contribution in [3.63, 3.8) is 0 Å². The van der Waals surface area contributed by atoms with Crippen LogP contribution < -0.4 is 5.73 Å². The maximum Gasteiger partial charge on any atom is 0.394 e. The van der Waals surface area contributed by atoms with E-state index in [2.05, 4.69) is 6.58 Å². The zero-order valence-corrected chi connectivity index (χ0v) is 10.7. The second kappa shape index (κ2) is 8.18. The lowest BCUT2D eigenvalue weighted by Gasteiger charge is -2.25. The summed E-state index contributed by atoms with van der Waals surface area (Å²) in [5.74, 6) is -0.410. The number of hydrogen-bond donors (Lipinski definition) is 3. The fourth-order valence-electron chi connectivity index (χ4n) is 0.728. The first kappa shape index (κ1) is 18.4. The first-order chi connectivity index (χ1) is 7.58. The molecule has 0 saturated carbocycles. The van der Waals surface area contributed by atoms with Crippen LogP contribution in [0.2, 0.25) is 0 Å². The third-order valence-corrected chi connectivity index (χ3v) is 2.08. The Morgan fingerprint density at radius 2 is 1.76 bits per heavy atom. The smallest absolute Gasteiger partial charge is 0.394 e. The van der Waals surface area contributed by atoms with E-state index in [0.29, 0.717) is 0 Å². The van der Waals surface area contributed by atoms with Crippen molar-refractivity contribution in [2.75, 3.05) is 6.61 Å². The number of ether oxygens (including phenoxy) is 1. The first-order valence-corrected chi connectivity index (χ1v) is 6.25. The van der Waals surface area contributed by atoms with E-state index in [0.717, 1.165) is 18.9 Å². The highest BCUT2D eigenvalue weighted by Crippen LogP contribution is 2.11. The maximum atomic E-state index is 10.7. The van der Waals surface area contributed by atoms with Gasteiger partial charge >= 0.3 is 16.4 Å². The van der Waals surface area contributed by atoms with Gasteiger partial charge in [0, 0.05) is 11.6 Å². The lowest BCUT2D eigenvalue weighted by Crippen LogP contribution is -2.43. The first-order valence-electron chi connectivity index (χ1n) is 4.86. The van der Waals surface area contributed by atoms with E-state index < -0.39 is 16.4 Å². The Morgan fingerprint density at radius 3 is 2.00 bits per heavy atom. The highest BCUT2D eigenvalue weighted by Gasteiger charge is 2.21. The molecule has 0 atom stereocenters. The van der Waals surface area contributed by atoms with Crippen LogP contribution in [0.5, 0.6) is 0 Å². The lowest BCUT2D eigenvalue weighted by atomic mass is 9.96. The average Bonchev–Trinajstić information content (AvgIpc) is 2.23. The molecule has 0 radical (unpaired) electrons. The maximum absolute atomic E-state index is 10.7. The fraction of sp³-hybridized carbons (Fsp3) is 0.667. The summed E-state index contributed by atoms with van der Waals surface area (Å²) >= 11 is 0. The van der Waals surface area contributed by atoms with Gasteiger partial charge in [-0.25, -0.2) is 4.79 Å². The quantitative estimate of drug-likeness (QED) is 0.378. The Bertz CT molecular complexity index is 325. The zero-order chi connectivity index (χ0) is 14.1. The van der Waals surface area contributed by atoms with Crippen LogP contribution in [0.1, 0.15) is 26.7 Å². The summed E-state index contributed by atoms with van der Waals surface area (Å²) in [6.45, 7) is 7.52. The van der Waals surface area contributed by atoms with Crippen molar-refractivity contribution in [1.29, 1.82) is 0 Å². The average molecular weight is 269 g/mol. The number of rotatable bonds is 5. The summed E-state index contributed by atoms with van der Waals surface area (Å²) in [7, 11) is -4.67. The van der Waals surface area contributed by atoms with E-state index in [1.165, 1.54) is 0 Å². The van der Waals surface area contributed by atoms with E-state index in [-0.39, 0.29) is 12.1 Å². The fourth-order valence-corrected chi connectivity index (χ4v) is 0.728. The molecule has 0 unspecified atom stereocenters. The van der Waals surface area contributed by atoms with Gasteiger partial charge in [-0.2, -0.15) is 8.42 Å². The molecule has 4 N–H and O–H groups in total. The van der Waals surface area contributed by atoms with Crippen molar-refractivity contribution >= 4 is 16.4 Å². The van der Waals surface area contributed by atoms with Crippen molar-refractivity contribution in [2.24, 2.45) is 5.73 Å². The molecule has 8 heteroatoms. The molecule has 0 aliphatic carbocycles. The highest BCUT2D eigenvalue weighted by atomic mass is 32.3. The van der Waals surface area contributed by atoms with Crippen LogP contribution in [-0.4, -0.2) is 35.6 Å². The monoisotopic (exact) mass is 269 g/mol. The standard InChI is InChI=1S/C9H17NO2.H2O4S/c1-4-8(11)12-7-9(10,5-2)6-3;1-5(2,3)4/h4H,1,5-7,10H2,2-3H3;(H2,1,2,3,4). The molecule has 0 fully saturated rings. The minimum atomic E-state index is -4.67. The predicted molar refractivity (Wildman–Crippen MR) is 62.8 cm³/mol. The summed E-state index contributed by atoms with van der Waals surface area (Å²) in [6, 6.07) is 0. The molecule has 0 bridgehead atoms. The molecule has 0 rings (SSSR count). The molecular formula is C9H19NO6S. The third-order valence-electron chi connectivity index (χ3n) is 2.08. The van der Waals surface area contributed by atoms with Crippen LogP contribution in [0.4, 0.5) is 0 Å². The van der Waals surface area contributed by atoms with Gasteiger partial charge < -0.3 is 10.5 Å². The molecule has 17 heavy (non-hydrogen) atoms. The number of carbonyl (C=O) groups excluding carboxylic acids is 1. The number of nitrogens with two attached hydrogens (primary N) is 1. The van der Waals surface area contributed by atoms with E-state index in [1.807, 2.05) is 13.8 Å². The topological polar surface area (TPSA) is 127 Å². The van der Waals surface area contributed by atoms with Crippen LogP contribution in [0.3, 0.4) is 0 Å². The molecule has 0 aliphatic heterocycles. The van der Waals surface area contributed by atoms with Crippen molar-refractivity contribution < 1.29 is 27.1 Å². The van der Waals surface area contributed by atoms with Gasteiger partial charge in [-0.05, 0) is 12.8 Å². The van der Waals surface area contributed by atoms with E-state index in [4.69, 9.17) is 28.0 Å². The van der Waals surface area contributed by atoms with Gasteiger partial charge in [0.05, 0.1) is 0 Å². The normalized spacial score (nSPS) is 11.1. The zero-order valence-electron chi connectivity index (χ0n) is 9.92. The molecule has 0 aromatic rings. The van der Waals surface area contributed by atoms with Crippen LogP contribution >= 0.6 is 0 Å². The summed E-state index contributed by atoms with van der Waals surface area (Å²) < 4.78 is 36.4. The SMILES string of the molecule is C=CC(=O)OCC(N)(CC)CC.O=S(=O)(O)O. The van der Waals surface area contributed by atoms with Crippen LogP contribution in [-0.2, 0) is 19.9 Å². The Kier molecular flexibility index (Phi) is 8.85. The number of carbonyl (C=O) groups is 1. The second-order valence-electron chi connectivity index (χ2n) is 3.33. The number of hydrogen-bond acceptors (Lipinski definition) is 5. The van der Waals surface area contributed by atoms with Gasteiger partial charge in [-0.1, -0.05) is 20.4 Å². The summed E-state index contributed by atoms with van der Waals surface area (Å²) in [4.78, 5) is 10.7. The minimum absolute atomic E-state index is 0.269. The van der Waals surface area contributed by atoms with E-state index >= 15 is 0 Å². The molecule has 7 nitrogen and oxygen atoms in total. The van der Waals surface area contributed by atoms with E-state index in [9.17, 15) is 4.79 Å². The number of esters is 1. The molecule has 102 valence electrons. The van der Waals surface area contributed by atoms with Crippen molar-refractivity contribution in [3.05, 3.63) is 12.7 Å². The van der Waals surface area contributed by atoms with E-state index in [1.54, 1.807) is 0 Å². The van der Waals surface area contributed by atoms with Gasteiger partial charge in [0.2, 0.25) is 0 Å². The Morgan fingerprint density at radius 1 is 1.41 bits per heavy atom. The third kappa shape index (κ3) is 15.0. The largest absolute Gasteiger partial charge is 0.461 e. The van der Waals surface area contributed by atoms with Gasteiger partial charge in [0.25, 0.3) is 0 Å². The van der Waals surface area contributed by atoms with Crippen LogP contribution in [0, 0.1) is 0 Å². The minimum Gasteiger partial charge on any atom is -0.461 e. The summed E-state index contributed by atoms with van der Waals surface area (Å²) in [6.07, 6.45) is 2.74. The van der Waals surface area contributed by atoms with Crippen LogP contribution in [0.15, 0.2) is 12.7 Å².